The molecule has 0 radical (unpaired) electrons. The zero-order valence-electron chi connectivity index (χ0n) is 15.0. The molecule has 0 bridgehead atoms. The highest BCUT2D eigenvalue weighted by atomic mass is 28.3. The Morgan fingerprint density at radius 2 is 2.12 bits per heavy atom. The van der Waals surface area contributed by atoms with Crippen LogP contribution in [-0.4, -0.2) is 43.6 Å². The fraction of sp³-hybridized carbons (Fsp3) is 0.471. The lowest BCUT2D eigenvalue weighted by Gasteiger charge is -2.16. The third kappa shape index (κ3) is 5.09. The van der Waals surface area contributed by atoms with Crippen LogP contribution in [0.25, 0.3) is 11.0 Å². The van der Waals surface area contributed by atoms with Crippen LogP contribution >= 0.6 is 0 Å². The number of hydrogen-bond acceptors (Lipinski definition) is 5. The Bertz CT molecular complexity index is 825. The second-order valence-corrected chi connectivity index (χ2v) is 12.6. The number of nitrogens with zero attached hydrogens (tertiary/aromatic N) is 3. The van der Waals surface area contributed by atoms with Gasteiger partial charge in [0.1, 0.15) is 25.2 Å². The largest absolute Gasteiger partial charge is 0.486 e. The highest BCUT2D eigenvalue weighted by Gasteiger charge is 2.17. The van der Waals surface area contributed by atoms with Gasteiger partial charge in [0.05, 0.1) is 16.6 Å². The zero-order valence-corrected chi connectivity index (χ0v) is 16.0. The molecular weight excluding hydrogens is 360 g/mol. The second kappa shape index (κ2) is 8.38. The smallest absolute Gasteiger partial charge is 0.272 e. The molecule has 9 heteroatoms. The summed E-state index contributed by atoms with van der Waals surface area (Å²) in [5.74, 6) is 0.170. The summed E-state index contributed by atoms with van der Waals surface area (Å²) in [6.07, 6.45) is -2.06. The van der Waals surface area contributed by atoms with E-state index in [2.05, 4.69) is 24.6 Å². The first-order valence-corrected chi connectivity index (χ1v) is 11.8. The Hall–Kier alpha value is -2.31. The van der Waals surface area contributed by atoms with Crippen LogP contribution in [0.1, 0.15) is 16.2 Å². The van der Waals surface area contributed by atoms with Gasteiger partial charge in [-0.15, -0.1) is 0 Å². The first-order chi connectivity index (χ1) is 12.2. The second-order valence-electron chi connectivity index (χ2n) is 7.01. The summed E-state index contributed by atoms with van der Waals surface area (Å²) in [5, 5.41) is 9.18. The molecule has 0 aliphatic heterocycles. The van der Waals surface area contributed by atoms with Gasteiger partial charge in [0.25, 0.3) is 6.43 Å². The molecule has 1 aromatic carbocycles. The quantitative estimate of drug-likeness (QED) is 0.376. The van der Waals surface area contributed by atoms with E-state index in [0.29, 0.717) is 23.9 Å². The van der Waals surface area contributed by atoms with Crippen LogP contribution < -0.4 is 4.74 Å². The Kier molecular flexibility index (Phi) is 6.45. The Morgan fingerprint density at radius 3 is 2.69 bits per heavy atom. The molecule has 140 valence electrons. The average molecular weight is 381 g/mol. The number of carbonyl (C=O) groups excluding carboxylic acids is 1. The first-order valence-electron chi connectivity index (χ1n) is 8.13. The molecule has 0 saturated carbocycles. The Morgan fingerprint density at radius 1 is 1.38 bits per heavy atom. The van der Waals surface area contributed by atoms with Crippen LogP contribution in [0.15, 0.2) is 12.1 Å². The van der Waals surface area contributed by atoms with E-state index < -0.39 is 21.1 Å². The lowest BCUT2D eigenvalue weighted by atomic mass is 10.2. The number of halogens is 2. The van der Waals surface area contributed by atoms with Gasteiger partial charge >= 0.3 is 0 Å². The Balaban J connectivity index is 2.31. The first kappa shape index (κ1) is 20.0. The number of fused-ring (bicyclic) bond motifs is 1. The standard InChI is InChI=1S/C17H21F2N3O3Si/c1-26(2,3)5-4-24-11-22-14-7-15(25-10-16(18)19)12(8-20)6-13(14)21-17(22)9-23/h6-7,9,16H,4-5,10-11H2,1-3H3. The molecule has 2 rings (SSSR count). The SMILES string of the molecule is C[Si](C)(C)CCOCn1c(C=O)nc2cc(C#N)c(OCC(F)F)cc21. The molecular formula is C17H21F2N3O3Si. The maximum absolute atomic E-state index is 12.4. The van der Waals surface area contributed by atoms with E-state index in [1.165, 1.54) is 12.1 Å². The molecule has 0 atom stereocenters. The molecule has 0 aliphatic carbocycles. The third-order valence-corrected chi connectivity index (χ3v) is 5.39. The van der Waals surface area contributed by atoms with Crippen LogP contribution in [0.2, 0.25) is 25.7 Å². The van der Waals surface area contributed by atoms with Crippen LogP contribution in [0.3, 0.4) is 0 Å². The van der Waals surface area contributed by atoms with Crippen molar-refractivity contribution in [2.24, 2.45) is 0 Å². The number of ether oxygens (including phenoxy) is 2. The van der Waals surface area contributed by atoms with Gasteiger partial charge in [0.2, 0.25) is 0 Å². The number of imidazole rings is 1. The predicted octanol–water partition coefficient (Wildman–Crippen LogP) is 3.68. The van der Waals surface area contributed by atoms with Crippen molar-refractivity contribution in [3.63, 3.8) is 0 Å². The minimum Gasteiger partial charge on any atom is -0.486 e. The molecule has 0 N–H and O–H groups in total. The van der Waals surface area contributed by atoms with Crippen molar-refractivity contribution < 1.29 is 23.0 Å². The maximum atomic E-state index is 12.4. The molecule has 2 aromatic rings. The number of nitriles is 1. The van der Waals surface area contributed by atoms with Gasteiger partial charge in [-0.2, -0.15) is 5.26 Å². The van der Waals surface area contributed by atoms with Gasteiger partial charge in [-0.1, -0.05) is 19.6 Å². The van der Waals surface area contributed by atoms with Crippen molar-refractivity contribution in [2.45, 2.75) is 38.8 Å². The molecule has 0 amide bonds. The highest BCUT2D eigenvalue weighted by Crippen LogP contribution is 2.27. The number of benzene rings is 1. The average Bonchev–Trinajstić information content (AvgIpc) is 2.91. The molecule has 0 spiro atoms. The van der Waals surface area contributed by atoms with Crippen molar-refractivity contribution in [1.82, 2.24) is 9.55 Å². The Labute approximate surface area is 151 Å². The normalized spacial score (nSPS) is 11.7. The predicted molar refractivity (Wildman–Crippen MR) is 95.4 cm³/mol. The fourth-order valence-electron chi connectivity index (χ4n) is 2.29. The van der Waals surface area contributed by atoms with E-state index in [4.69, 9.17) is 9.47 Å². The van der Waals surface area contributed by atoms with Gasteiger partial charge in [-0.05, 0) is 12.1 Å². The summed E-state index contributed by atoms with van der Waals surface area (Å²) in [6, 6.07) is 5.72. The summed E-state index contributed by atoms with van der Waals surface area (Å²) in [6.45, 7) is 6.54. The van der Waals surface area contributed by atoms with Gasteiger partial charge in [-0.3, -0.25) is 9.36 Å². The number of hydrogen-bond donors (Lipinski definition) is 0. The molecule has 0 fully saturated rings. The van der Waals surface area contributed by atoms with Gasteiger partial charge in [0.15, 0.2) is 12.1 Å². The van der Waals surface area contributed by atoms with Gasteiger partial charge in [0, 0.05) is 20.7 Å². The summed E-state index contributed by atoms with van der Waals surface area (Å²) < 4.78 is 37.1. The topological polar surface area (TPSA) is 77.1 Å². The zero-order chi connectivity index (χ0) is 19.3. The number of alkyl halides is 2. The minimum atomic E-state index is -2.66. The minimum absolute atomic E-state index is 0.0287. The van der Waals surface area contributed by atoms with Crippen LogP contribution in [0.5, 0.6) is 5.75 Å². The van der Waals surface area contributed by atoms with Crippen LogP contribution in [-0.2, 0) is 11.5 Å². The molecule has 26 heavy (non-hydrogen) atoms. The number of aldehydes is 1. The lowest BCUT2D eigenvalue weighted by Crippen LogP contribution is -2.22. The summed E-state index contributed by atoms with van der Waals surface area (Å²) in [7, 11) is -1.24. The highest BCUT2D eigenvalue weighted by molar-refractivity contribution is 6.76. The number of aromatic nitrogens is 2. The molecule has 0 saturated heterocycles. The van der Waals surface area contributed by atoms with Gasteiger partial charge in [-0.25, -0.2) is 13.8 Å². The van der Waals surface area contributed by atoms with Crippen LogP contribution in [0, 0.1) is 11.3 Å². The van der Waals surface area contributed by atoms with E-state index in [1.54, 1.807) is 4.57 Å². The summed E-state index contributed by atoms with van der Waals surface area (Å²) >= 11 is 0. The van der Waals surface area contributed by atoms with Crippen molar-refractivity contribution in [2.75, 3.05) is 13.2 Å². The summed E-state index contributed by atoms with van der Waals surface area (Å²) in [5.41, 5.74) is 0.977. The number of carbonyl (C=O) groups is 1. The molecule has 0 aliphatic rings. The number of rotatable bonds is 9. The monoisotopic (exact) mass is 381 g/mol. The maximum Gasteiger partial charge on any atom is 0.272 e. The van der Waals surface area contributed by atoms with Crippen molar-refractivity contribution >= 4 is 25.4 Å². The lowest BCUT2D eigenvalue weighted by molar-refractivity contribution is 0.0814. The molecule has 1 aromatic heterocycles. The fourth-order valence-corrected chi connectivity index (χ4v) is 3.05. The van der Waals surface area contributed by atoms with Crippen molar-refractivity contribution in [1.29, 1.82) is 5.26 Å². The third-order valence-electron chi connectivity index (χ3n) is 3.69. The van der Waals surface area contributed by atoms with E-state index in [9.17, 15) is 18.8 Å². The van der Waals surface area contributed by atoms with E-state index in [-0.39, 0.29) is 23.9 Å². The van der Waals surface area contributed by atoms with E-state index in [0.717, 1.165) is 6.04 Å². The van der Waals surface area contributed by atoms with Gasteiger partial charge < -0.3 is 9.47 Å². The van der Waals surface area contributed by atoms with Crippen LogP contribution in [0.4, 0.5) is 8.78 Å². The molecule has 0 unspecified atom stereocenters. The summed E-state index contributed by atoms with van der Waals surface area (Å²) in [4.78, 5) is 15.5. The van der Waals surface area contributed by atoms with Crippen molar-refractivity contribution in [3.8, 4) is 11.8 Å². The molecule has 1 heterocycles. The van der Waals surface area contributed by atoms with E-state index >= 15 is 0 Å². The van der Waals surface area contributed by atoms with Crippen molar-refractivity contribution in [3.05, 3.63) is 23.5 Å². The van der Waals surface area contributed by atoms with E-state index in [1.807, 2.05) is 6.07 Å². The molecule has 6 nitrogen and oxygen atoms in total.